The van der Waals surface area contributed by atoms with Gasteiger partial charge in [-0.05, 0) is 0 Å². The molecule has 0 bridgehead atoms. The summed E-state index contributed by atoms with van der Waals surface area (Å²) in [4.78, 5) is 24.7. The van der Waals surface area contributed by atoms with Gasteiger partial charge in [-0.3, -0.25) is 4.79 Å². The molecule has 6 rings (SSSR count). The Morgan fingerprint density at radius 2 is 0.953 bits per heavy atom. The van der Waals surface area contributed by atoms with Crippen molar-refractivity contribution < 1.29 is 138 Å². The summed E-state index contributed by atoms with van der Waals surface area (Å²) in [6.45, 7) is -2.74. The van der Waals surface area contributed by atoms with Crippen LogP contribution in [0.1, 0.15) is 13.8 Å². The summed E-state index contributed by atoms with van der Waals surface area (Å²) in [5, 5.41) is 161. The summed E-state index contributed by atoms with van der Waals surface area (Å²) in [6.07, 6.45) is -45.1. The Morgan fingerprint density at radius 1 is 0.484 bits per heavy atom. The lowest BCUT2D eigenvalue weighted by Gasteiger charge is -2.51. The maximum absolute atomic E-state index is 12.8. The third-order valence-electron chi connectivity index (χ3n) is 11.8. The van der Waals surface area contributed by atoms with Crippen molar-refractivity contribution in [3.63, 3.8) is 0 Å². The Kier molecular flexibility index (Phi) is 16.9. The molecule has 6 aliphatic rings. The summed E-state index contributed by atoms with van der Waals surface area (Å²) in [6, 6.07) is -1.78. The molecule has 6 saturated heterocycles. The highest BCUT2D eigenvalue weighted by atomic mass is 16.8. The van der Waals surface area contributed by atoms with E-state index in [1.165, 1.54) is 0 Å². The van der Waals surface area contributed by atoms with Crippen molar-refractivity contribution in [2.45, 2.75) is 173 Å². The van der Waals surface area contributed by atoms with Gasteiger partial charge < -0.3 is 134 Å². The summed E-state index contributed by atoms with van der Waals surface area (Å²) < 4.78 is 63.2. The Morgan fingerprint density at radius 3 is 1.53 bits per heavy atom. The maximum Gasteiger partial charge on any atom is 0.364 e. The number of aliphatic hydroxyl groups excluding tert-OH is 14. The maximum atomic E-state index is 12.8. The number of aliphatic carboxylic acids is 1. The van der Waals surface area contributed by atoms with Crippen LogP contribution in [0.4, 0.5) is 0 Å². The van der Waals surface area contributed by atoms with Gasteiger partial charge in [-0.25, -0.2) is 4.79 Å². The molecule has 29 heteroatoms. The first-order valence-electron chi connectivity index (χ1n) is 20.2. The number of amides is 1. The second-order valence-electron chi connectivity index (χ2n) is 16.1. The van der Waals surface area contributed by atoms with E-state index in [1.807, 2.05) is 0 Å². The molecule has 6 aliphatic heterocycles. The summed E-state index contributed by atoms with van der Waals surface area (Å²) in [5.41, 5.74) is 0. The quantitative estimate of drug-likeness (QED) is 0.0725. The lowest BCUT2D eigenvalue weighted by Crippen LogP contribution is -2.71. The SMILES string of the molecule is CC(=O)N[C@H]1[C@@H](O[C@H]2[C@@H](O)[C@@H](CO)O[C@@H](O[C@H]3[C@H](O)[C@@H](O)[C@H](O)O[C@@H]3CO)[C@@H]2O[C@H]2O[C@H](CO)[C@H](O)[C@H](O)[C@H]2O)O[C@H](CO)[C@H](O)[C@@H]1O[C@@H]1O[C@H](CO)[C@@H]2OC(C)(C(=O)O)O[C@@H]2[C@H]1O. The molecule has 1 unspecified atom stereocenters. The molecule has 26 atom stereocenters. The standard InChI is InChI=1S/C35H57NO28/c1-8(42)36-14-25(60-32-22(50)27-24(13(7-41)58-32)63-35(2,64-27)34(52)53)16(44)10(4-38)55-30(14)61-26-17(45)11(5-39)57-33(59-23-12(6-40)54-29(51)20(48)19(23)47)28(26)62-31-21(49)18(46)15(43)9(3-37)56-31/h9-33,37-41,43-51H,3-7H2,1-2H3,(H,36,42)(H,52,53)/t9-,10-,11-,12-,13-,14-,15+,16+,17+,18+,19-,20-,21-,22-,23-,24+,25-,26+,27-,28-,29-,30-,31-,32+,33+,35?/m1/s1. The predicted molar refractivity (Wildman–Crippen MR) is 192 cm³/mol. The van der Waals surface area contributed by atoms with E-state index in [4.69, 9.17) is 52.1 Å². The molecule has 0 aliphatic carbocycles. The van der Waals surface area contributed by atoms with Crippen LogP contribution in [-0.4, -0.2) is 281 Å². The fraction of sp³-hybridized carbons (Fsp3) is 0.943. The molecule has 0 aromatic carbocycles. The van der Waals surface area contributed by atoms with Crippen molar-refractivity contribution in [2.24, 2.45) is 0 Å². The molecule has 64 heavy (non-hydrogen) atoms. The van der Waals surface area contributed by atoms with Gasteiger partial charge >= 0.3 is 5.97 Å². The Hall–Kier alpha value is -2.06. The van der Waals surface area contributed by atoms with Crippen LogP contribution in [0.25, 0.3) is 0 Å². The van der Waals surface area contributed by atoms with E-state index in [0.717, 1.165) is 13.8 Å². The van der Waals surface area contributed by atoms with Gasteiger partial charge in [0.05, 0.1) is 33.0 Å². The second kappa shape index (κ2) is 21.1. The van der Waals surface area contributed by atoms with Crippen LogP contribution in [0.5, 0.6) is 0 Å². The van der Waals surface area contributed by atoms with Crippen molar-refractivity contribution in [2.75, 3.05) is 33.0 Å². The Labute approximate surface area is 361 Å². The first kappa shape index (κ1) is 51.3. The van der Waals surface area contributed by atoms with E-state index in [2.05, 4.69) is 5.32 Å². The number of carbonyl (C=O) groups is 2. The molecule has 29 nitrogen and oxygen atoms in total. The number of aliphatic hydroxyl groups is 14. The number of hydrogen-bond acceptors (Lipinski definition) is 27. The number of rotatable bonds is 15. The van der Waals surface area contributed by atoms with Gasteiger partial charge in [0.2, 0.25) is 5.91 Å². The molecule has 6 fully saturated rings. The van der Waals surface area contributed by atoms with E-state index in [0.29, 0.717) is 0 Å². The molecular formula is C35H57NO28. The van der Waals surface area contributed by atoms with Crippen LogP contribution in [0.3, 0.4) is 0 Å². The van der Waals surface area contributed by atoms with Crippen LogP contribution < -0.4 is 5.32 Å². The third kappa shape index (κ3) is 10.1. The smallest absolute Gasteiger partial charge is 0.364 e. The third-order valence-corrected chi connectivity index (χ3v) is 11.8. The number of hydrogen-bond donors (Lipinski definition) is 16. The van der Waals surface area contributed by atoms with Crippen molar-refractivity contribution in [3.05, 3.63) is 0 Å². The van der Waals surface area contributed by atoms with Crippen LogP contribution in [-0.2, 0) is 61.7 Å². The van der Waals surface area contributed by atoms with Gasteiger partial charge in [0, 0.05) is 13.8 Å². The molecule has 0 aromatic heterocycles. The highest BCUT2D eigenvalue weighted by Gasteiger charge is 2.62. The van der Waals surface area contributed by atoms with Crippen LogP contribution in [0.15, 0.2) is 0 Å². The number of fused-ring (bicyclic) bond motifs is 1. The molecule has 0 saturated carbocycles. The second-order valence-corrected chi connectivity index (χ2v) is 16.1. The molecule has 0 aromatic rings. The first-order valence-corrected chi connectivity index (χ1v) is 20.2. The minimum Gasteiger partial charge on any atom is -0.477 e. The highest BCUT2D eigenvalue weighted by molar-refractivity contribution is 5.75. The average Bonchev–Trinajstić information content (AvgIpc) is 3.64. The topological polar surface area (TPSA) is 451 Å². The van der Waals surface area contributed by atoms with Crippen LogP contribution in [0, 0.1) is 0 Å². The van der Waals surface area contributed by atoms with Crippen LogP contribution in [0.2, 0.25) is 0 Å². The minimum absolute atomic E-state index is 0.835. The van der Waals surface area contributed by atoms with Crippen molar-refractivity contribution >= 4 is 11.9 Å². The summed E-state index contributed by atoms with van der Waals surface area (Å²) in [5.74, 6) is -4.76. The number of carbonyl (C=O) groups excluding carboxylic acids is 1. The molecule has 370 valence electrons. The van der Waals surface area contributed by atoms with Gasteiger partial charge in [-0.15, -0.1) is 0 Å². The minimum atomic E-state index is -2.31. The van der Waals surface area contributed by atoms with Crippen LogP contribution >= 0.6 is 0 Å². The molecule has 0 radical (unpaired) electrons. The fourth-order valence-electron chi connectivity index (χ4n) is 8.30. The molecule has 1 amide bonds. The van der Waals surface area contributed by atoms with Gasteiger partial charge in [-0.2, -0.15) is 0 Å². The lowest BCUT2D eigenvalue weighted by atomic mass is 9.94. The largest absolute Gasteiger partial charge is 0.477 e. The predicted octanol–water partition coefficient (Wildman–Crippen LogP) is -10.9. The normalized spacial score (nSPS) is 51.0. The van der Waals surface area contributed by atoms with Gasteiger partial charge in [0.25, 0.3) is 5.79 Å². The molecule has 16 N–H and O–H groups in total. The van der Waals surface area contributed by atoms with Crippen molar-refractivity contribution in [1.29, 1.82) is 0 Å². The zero-order valence-electron chi connectivity index (χ0n) is 34.0. The average molecular weight is 940 g/mol. The van der Waals surface area contributed by atoms with E-state index in [-0.39, 0.29) is 0 Å². The van der Waals surface area contributed by atoms with Gasteiger partial charge in [0.1, 0.15) is 122 Å². The zero-order valence-corrected chi connectivity index (χ0v) is 34.0. The number of nitrogens with one attached hydrogen (secondary N) is 1. The monoisotopic (exact) mass is 939 g/mol. The molecule has 6 heterocycles. The Balaban J connectivity index is 1.36. The highest BCUT2D eigenvalue weighted by Crippen LogP contribution is 2.41. The van der Waals surface area contributed by atoms with Gasteiger partial charge in [0.15, 0.2) is 31.5 Å². The van der Waals surface area contributed by atoms with Crippen molar-refractivity contribution in [1.82, 2.24) is 5.32 Å². The molecule has 0 spiro atoms. The Bertz CT molecular complexity index is 1550. The number of carboxylic acid groups (broad SMARTS) is 1. The zero-order chi connectivity index (χ0) is 47.1. The summed E-state index contributed by atoms with van der Waals surface area (Å²) in [7, 11) is 0. The van der Waals surface area contributed by atoms with Crippen molar-refractivity contribution in [3.8, 4) is 0 Å². The van der Waals surface area contributed by atoms with Gasteiger partial charge in [-0.1, -0.05) is 0 Å². The van der Waals surface area contributed by atoms with E-state index < -0.39 is 204 Å². The van der Waals surface area contributed by atoms with E-state index in [9.17, 15) is 86.2 Å². The lowest BCUT2D eigenvalue weighted by molar-refractivity contribution is -0.403. The summed E-state index contributed by atoms with van der Waals surface area (Å²) >= 11 is 0. The molecular weight excluding hydrogens is 882 g/mol. The number of carboxylic acids is 1. The van der Waals surface area contributed by atoms with E-state index in [1.54, 1.807) is 0 Å². The van der Waals surface area contributed by atoms with E-state index >= 15 is 0 Å². The first-order chi connectivity index (χ1) is 30.2. The number of ether oxygens (including phenoxy) is 11. The fourth-order valence-corrected chi connectivity index (χ4v) is 8.30.